The minimum Gasteiger partial charge on any atom is -0.481 e. The number of sulfonamides is 1. The normalized spacial score (nSPS) is 12.9. The number of aliphatic carboxylic acids is 1. The Labute approximate surface area is 117 Å². The summed E-state index contributed by atoms with van der Waals surface area (Å²) in [6.07, 6.45) is -0.207. The molecular weight excluding hydrogens is 286 g/mol. The molecule has 0 aliphatic heterocycles. The van der Waals surface area contributed by atoms with Crippen LogP contribution in [0.4, 0.5) is 0 Å². The first kappa shape index (κ1) is 16.1. The van der Waals surface area contributed by atoms with Crippen molar-refractivity contribution >= 4 is 27.3 Å². The Kier molecular flexibility index (Phi) is 4.76. The van der Waals surface area contributed by atoms with Gasteiger partial charge in [0.1, 0.15) is 4.21 Å². The van der Waals surface area contributed by atoms with E-state index in [-0.39, 0.29) is 17.2 Å². The fraction of sp³-hybridized carbons (Fsp3) is 0.583. The summed E-state index contributed by atoms with van der Waals surface area (Å²) in [6, 6.07) is 3.31. The standard InChI is InChI=1S/C12H19NO4S2/c1-9-5-6-11(18-9)19(16,17)13(12(2,3)4)8-7-10(14)15/h5-6H,7-8H2,1-4H3,(H,14,15). The Bertz CT molecular complexity index is 555. The van der Waals surface area contributed by atoms with Crippen LogP contribution in [-0.2, 0) is 14.8 Å². The van der Waals surface area contributed by atoms with E-state index in [0.717, 1.165) is 4.88 Å². The van der Waals surface area contributed by atoms with Crippen LogP contribution >= 0.6 is 11.3 Å². The second-order valence-corrected chi connectivity index (χ2v) is 8.63. The molecular formula is C12H19NO4S2. The lowest BCUT2D eigenvalue weighted by molar-refractivity contribution is -0.137. The maximum absolute atomic E-state index is 12.5. The van der Waals surface area contributed by atoms with Crippen molar-refractivity contribution in [3.8, 4) is 0 Å². The number of nitrogens with zero attached hydrogens (tertiary/aromatic N) is 1. The molecule has 7 heteroatoms. The summed E-state index contributed by atoms with van der Waals surface area (Å²) in [6.45, 7) is 7.08. The van der Waals surface area contributed by atoms with Crippen molar-refractivity contribution in [2.75, 3.05) is 6.54 Å². The molecule has 0 radical (unpaired) electrons. The van der Waals surface area contributed by atoms with Gasteiger partial charge in [-0.3, -0.25) is 4.79 Å². The Morgan fingerprint density at radius 1 is 1.37 bits per heavy atom. The average Bonchev–Trinajstić information content (AvgIpc) is 2.62. The summed E-state index contributed by atoms with van der Waals surface area (Å²) < 4.78 is 26.6. The molecule has 108 valence electrons. The third kappa shape index (κ3) is 4.02. The average molecular weight is 305 g/mol. The molecule has 0 saturated carbocycles. The van der Waals surface area contributed by atoms with Crippen molar-refractivity contribution in [2.45, 2.75) is 43.9 Å². The second-order valence-electron chi connectivity index (χ2n) is 5.26. The van der Waals surface area contributed by atoms with Gasteiger partial charge in [0.25, 0.3) is 10.0 Å². The summed E-state index contributed by atoms with van der Waals surface area (Å²) in [5, 5.41) is 8.75. The van der Waals surface area contributed by atoms with E-state index in [4.69, 9.17) is 5.11 Å². The lowest BCUT2D eigenvalue weighted by atomic mass is 10.1. The zero-order chi connectivity index (χ0) is 14.8. The van der Waals surface area contributed by atoms with Crippen LogP contribution in [0, 0.1) is 6.92 Å². The Balaban J connectivity index is 3.13. The van der Waals surface area contributed by atoms with Gasteiger partial charge in [-0.05, 0) is 39.8 Å². The minimum atomic E-state index is -3.65. The molecule has 1 aromatic heterocycles. The maximum atomic E-state index is 12.5. The zero-order valence-corrected chi connectivity index (χ0v) is 13.1. The van der Waals surface area contributed by atoms with Crippen LogP contribution in [0.2, 0.25) is 0 Å². The highest BCUT2D eigenvalue weighted by molar-refractivity contribution is 7.91. The minimum absolute atomic E-state index is 0.0296. The number of carboxylic acids is 1. The van der Waals surface area contributed by atoms with E-state index in [0.29, 0.717) is 0 Å². The Morgan fingerprint density at radius 3 is 2.32 bits per heavy atom. The molecule has 1 N–H and O–H groups in total. The van der Waals surface area contributed by atoms with E-state index in [2.05, 4.69) is 0 Å². The van der Waals surface area contributed by atoms with Gasteiger partial charge in [0.2, 0.25) is 0 Å². The Hall–Kier alpha value is -0.920. The van der Waals surface area contributed by atoms with Gasteiger partial charge in [0.15, 0.2) is 0 Å². The molecule has 5 nitrogen and oxygen atoms in total. The van der Waals surface area contributed by atoms with E-state index >= 15 is 0 Å². The van der Waals surface area contributed by atoms with Gasteiger partial charge >= 0.3 is 5.97 Å². The topological polar surface area (TPSA) is 74.7 Å². The summed E-state index contributed by atoms with van der Waals surface area (Å²) in [5.41, 5.74) is -0.661. The third-order valence-electron chi connectivity index (χ3n) is 2.54. The van der Waals surface area contributed by atoms with Crippen molar-refractivity contribution in [1.29, 1.82) is 0 Å². The number of rotatable bonds is 5. The summed E-state index contributed by atoms with van der Waals surface area (Å²) >= 11 is 1.20. The van der Waals surface area contributed by atoms with E-state index in [1.54, 1.807) is 32.9 Å². The van der Waals surface area contributed by atoms with E-state index in [1.807, 2.05) is 6.92 Å². The van der Waals surface area contributed by atoms with Gasteiger partial charge in [-0.1, -0.05) is 0 Å². The lowest BCUT2D eigenvalue weighted by Gasteiger charge is -2.33. The fourth-order valence-electron chi connectivity index (χ4n) is 1.67. The van der Waals surface area contributed by atoms with Crippen LogP contribution in [0.5, 0.6) is 0 Å². The van der Waals surface area contributed by atoms with Gasteiger partial charge in [-0.25, -0.2) is 8.42 Å². The van der Waals surface area contributed by atoms with Crippen LogP contribution in [0.3, 0.4) is 0 Å². The monoisotopic (exact) mass is 305 g/mol. The van der Waals surface area contributed by atoms with Crippen molar-refractivity contribution in [2.24, 2.45) is 0 Å². The summed E-state index contributed by atoms with van der Waals surface area (Å²) in [4.78, 5) is 11.6. The highest BCUT2D eigenvalue weighted by Crippen LogP contribution is 2.29. The molecule has 1 aromatic rings. The molecule has 0 unspecified atom stereocenters. The third-order valence-corrected chi connectivity index (χ3v) is 6.17. The van der Waals surface area contributed by atoms with Crippen molar-refractivity contribution in [3.63, 3.8) is 0 Å². The first-order valence-corrected chi connectivity index (χ1v) is 8.12. The molecule has 19 heavy (non-hydrogen) atoms. The van der Waals surface area contributed by atoms with Crippen molar-refractivity contribution in [1.82, 2.24) is 4.31 Å². The number of hydrogen-bond acceptors (Lipinski definition) is 4. The molecule has 0 saturated heterocycles. The van der Waals surface area contributed by atoms with Crippen LogP contribution < -0.4 is 0 Å². The molecule has 0 bridgehead atoms. The molecule has 0 aliphatic carbocycles. The van der Waals surface area contributed by atoms with Gasteiger partial charge in [0.05, 0.1) is 6.42 Å². The smallest absolute Gasteiger partial charge is 0.304 e. The molecule has 0 atom stereocenters. The number of thiophene rings is 1. The molecule has 0 aliphatic rings. The van der Waals surface area contributed by atoms with Gasteiger partial charge in [0, 0.05) is 17.0 Å². The predicted octanol–water partition coefficient (Wildman–Crippen LogP) is 2.32. The van der Waals surface area contributed by atoms with Crippen LogP contribution in [0.1, 0.15) is 32.1 Å². The first-order valence-electron chi connectivity index (χ1n) is 5.86. The molecule has 0 fully saturated rings. The molecule has 0 amide bonds. The highest BCUT2D eigenvalue weighted by Gasteiger charge is 2.34. The fourth-order valence-corrected chi connectivity index (χ4v) is 4.86. The number of carbonyl (C=O) groups is 1. The second kappa shape index (κ2) is 5.60. The summed E-state index contributed by atoms with van der Waals surface area (Å²) in [5.74, 6) is -1.01. The van der Waals surface area contributed by atoms with E-state index < -0.39 is 21.5 Å². The molecule has 0 aromatic carbocycles. The van der Waals surface area contributed by atoms with Crippen molar-refractivity contribution < 1.29 is 18.3 Å². The van der Waals surface area contributed by atoms with E-state index in [9.17, 15) is 13.2 Å². The molecule has 1 heterocycles. The number of carboxylic acid groups (broad SMARTS) is 1. The molecule has 0 spiro atoms. The predicted molar refractivity (Wildman–Crippen MR) is 75.0 cm³/mol. The largest absolute Gasteiger partial charge is 0.481 e. The first-order chi connectivity index (χ1) is 8.55. The number of hydrogen-bond donors (Lipinski definition) is 1. The van der Waals surface area contributed by atoms with Crippen LogP contribution in [0.15, 0.2) is 16.3 Å². The summed E-state index contributed by atoms with van der Waals surface area (Å²) in [7, 11) is -3.65. The van der Waals surface area contributed by atoms with Gasteiger partial charge in [-0.15, -0.1) is 11.3 Å². The lowest BCUT2D eigenvalue weighted by Crippen LogP contribution is -2.46. The maximum Gasteiger partial charge on any atom is 0.304 e. The van der Waals surface area contributed by atoms with Gasteiger partial charge in [-0.2, -0.15) is 4.31 Å². The van der Waals surface area contributed by atoms with Crippen molar-refractivity contribution in [3.05, 3.63) is 17.0 Å². The zero-order valence-electron chi connectivity index (χ0n) is 11.5. The van der Waals surface area contributed by atoms with Gasteiger partial charge < -0.3 is 5.11 Å². The van der Waals surface area contributed by atoms with E-state index in [1.165, 1.54) is 15.6 Å². The SMILES string of the molecule is Cc1ccc(S(=O)(=O)N(CCC(=O)O)C(C)(C)C)s1. The Morgan fingerprint density at radius 2 is 1.95 bits per heavy atom. The van der Waals surface area contributed by atoms with Crippen LogP contribution in [-0.4, -0.2) is 35.9 Å². The van der Waals surface area contributed by atoms with Crippen LogP contribution in [0.25, 0.3) is 0 Å². The number of aryl methyl sites for hydroxylation is 1. The molecule has 1 rings (SSSR count). The quantitative estimate of drug-likeness (QED) is 0.906. The highest BCUT2D eigenvalue weighted by atomic mass is 32.2.